The van der Waals surface area contributed by atoms with Crippen molar-refractivity contribution >= 4 is 34.9 Å². The zero-order valence-electron chi connectivity index (χ0n) is 14.8. The summed E-state index contributed by atoms with van der Waals surface area (Å²) < 4.78 is 1.58. The Hall–Kier alpha value is -3.06. The van der Waals surface area contributed by atoms with Gasteiger partial charge < -0.3 is 5.32 Å². The van der Waals surface area contributed by atoms with E-state index < -0.39 is 12.0 Å². The average molecular weight is 381 g/mol. The molecule has 1 aliphatic heterocycles. The van der Waals surface area contributed by atoms with Gasteiger partial charge in [0.05, 0.1) is 6.04 Å². The molecule has 4 rings (SSSR count). The van der Waals surface area contributed by atoms with Crippen LogP contribution in [0.15, 0.2) is 53.5 Å². The molecular weight excluding hydrogens is 364 g/mol. The van der Waals surface area contributed by atoms with Crippen LogP contribution < -0.4 is 5.32 Å². The molecule has 2 heterocycles. The number of tetrazole rings is 1. The van der Waals surface area contributed by atoms with Crippen molar-refractivity contribution in [1.82, 2.24) is 20.2 Å². The molecule has 2 unspecified atom stereocenters. The first-order valence-electron chi connectivity index (χ1n) is 8.49. The number of hydrogen-bond donors (Lipinski definition) is 1. The van der Waals surface area contributed by atoms with E-state index >= 15 is 0 Å². The molecule has 136 valence electrons. The van der Waals surface area contributed by atoms with E-state index in [9.17, 15) is 4.79 Å². The summed E-state index contributed by atoms with van der Waals surface area (Å²) in [6.45, 7) is 3.82. The molecule has 0 fully saturated rings. The molecule has 2 aromatic carbocycles. The highest BCUT2D eigenvalue weighted by molar-refractivity contribution is 6.30. The van der Waals surface area contributed by atoms with Crippen LogP contribution in [-0.4, -0.2) is 31.8 Å². The molecule has 0 saturated carbocycles. The third-order valence-corrected chi connectivity index (χ3v) is 4.85. The maximum Gasteiger partial charge on any atom is 0.269 e. The zero-order valence-corrected chi connectivity index (χ0v) is 15.6. The van der Waals surface area contributed by atoms with Crippen molar-refractivity contribution < 1.29 is 4.79 Å². The van der Waals surface area contributed by atoms with Crippen LogP contribution in [0.25, 0.3) is 0 Å². The number of rotatable bonds is 3. The maximum atomic E-state index is 13.1. The van der Waals surface area contributed by atoms with Crippen molar-refractivity contribution in [2.45, 2.75) is 19.9 Å². The Morgan fingerprint density at radius 3 is 2.48 bits per heavy atom. The van der Waals surface area contributed by atoms with Crippen molar-refractivity contribution in [3.8, 4) is 0 Å². The second-order valence-corrected chi connectivity index (χ2v) is 6.94. The van der Waals surface area contributed by atoms with Gasteiger partial charge in [-0.05, 0) is 54.1 Å². The van der Waals surface area contributed by atoms with Crippen molar-refractivity contribution in [3.05, 3.63) is 64.7 Å². The van der Waals surface area contributed by atoms with Gasteiger partial charge in [-0.2, -0.15) is 0 Å². The Kier molecular flexibility index (Phi) is 4.45. The number of anilines is 1. The summed E-state index contributed by atoms with van der Waals surface area (Å²) in [6, 6.07) is 14.6. The maximum absolute atomic E-state index is 13.1. The summed E-state index contributed by atoms with van der Waals surface area (Å²) in [5.41, 5.74) is 3.39. The number of nitrogens with zero attached hydrogens (tertiary/aromatic N) is 5. The molecule has 8 heteroatoms. The van der Waals surface area contributed by atoms with Crippen molar-refractivity contribution in [2.75, 3.05) is 5.32 Å². The summed E-state index contributed by atoms with van der Waals surface area (Å²) >= 11 is 6.03. The first kappa shape index (κ1) is 17.4. The smallest absolute Gasteiger partial charge is 0.269 e. The molecule has 0 radical (unpaired) electrons. The van der Waals surface area contributed by atoms with E-state index in [4.69, 9.17) is 11.6 Å². The summed E-state index contributed by atoms with van der Waals surface area (Å²) in [5, 5.41) is 15.3. The van der Waals surface area contributed by atoms with Crippen molar-refractivity contribution in [2.24, 2.45) is 10.9 Å². The topological polar surface area (TPSA) is 85.1 Å². The van der Waals surface area contributed by atoms with Crippen LogP contribution in [-0.2, 0) is 4.79 Å². The molecule has 0 saturated heterocycles. The average Bonchev–Trinajstić information content (AvgIpc) is 3.11. The number of halogens is 1. The molecule has 1 aliphatic rings. The SMILES string of the molecule is CC1=Nc2nnnn2C(c2ccc(Cl)cc2)C1C(=O)Nc1ccc(C)cc1. The van der Waals surface area contributed by atoms with Crippen LogP contribution in [0.4, 0.5) is 11.6 Å². The van der Waals surface area contributed by atoms with Crippen molar-refractivity contribution in [3.63, 3.8) is 0 Å². The van der Waals surface area contributed by atoms with E-state index in [0.29, 0.717) is 16.7 Å². The minimum absolute atomic E-state index is 0.166. The molecule has 1 amide bonds. The zero-order chi connectivity index (χ0) is 19.0. The highest BCUT2D eigenvalue weighted by atomic mass is 35.5. The number of aliphatic imine (C=N–C) groups is 1. The monoisotopic (exact) mass is 380 g/mol. The van der Waals surface area contributed by atoms with E-state index in [0.717, 1.165) is 16.8 Å². The lowest BCUT2D eigenvalue weighted by molar-refractivity contribution is -0.118. The number of nitrogens with one attached hydrogen (secondary N) is 1. The summed E-state index contributed by atoms with van der Waals surface area (Å²) in [7, 11) is 0. The van der Waals surface area contributed by atoms with Crippen LogP contribution in [0.3, 0.4) is 0 Å². The number of fused-ring (bicyclic) bond motifs is 1. The largest absolute Gasteiger partial charge is 0.325 e. The molecule has 0 spiro atoms. The molecule has 2 atom stereocenters. The lowest BCUT2D eigenvalue weighted by atomic mass is 9.87. The number of benzene rings is 2. The minimum Gasteiger partial charge on any atom is -0.325 e. The van der Waals surface area contributed by atoms with E-state index in [1.165, 1.54) is 0 Å². The van der Waals surface area contributed by atoms with Crippen LogP contribution in [0.1, 0.15) is 24.1 Å². The minimum atomic E-state index is -0.552. The fraction of sp³-hybridized carbons (Fsp3) is 0.211. The van der Waals surface area contributed by atoms with Crippen LogP contribution >= 0.6 is 11.6 Å². The lowest BCUT2D eigenvalue weighted by Crippen LogP contribution is -2.39. The predicted molar refractivity (Wildman–Crippen MR) is 103 cm³/mol. The molecule has 3 aromatic rings. The molecule has 0 bridgehead atoms. The Morgan fingerprint density at radius 1 is 1.07 bits per heavy atom. The second kappa shape index (κ2) is 6.92. The van der Waals surface area contributed by atoms with Gasteiger partial charge in [0, 0.05) is 16.4 Å². The van der Waals surface area contributed by atoms with E-state index in [1.807, 2.05) is 50.2 Å². The molecule has 7 nitrogen and oxygen atoms in total. The summed E-state index contributed by atoms with van der Waals surface area (Å²) in [4.78, 5) is 17.6. The van der Waals surface area contributed by atoms with Crippen LogP contribution in [0.2, 0.25) is 5.02 Å². The number of amides is 1. The van der Waals surface area contributed by atoms with E-state index in [-0.39, 0.29) is 5.91 Å². The second-order valence-electron chi connectivity index (χ2n) is 6.51. The Balaban J connectivity index is 1.73. The van der Waals surface area contributed by atoms with Gasteiger partial charge in [-0.1, -0.05) is 46.5 Å². The van der Waals surface area contributed by atoms with E-state index in [1.54, 1.807) is 16.8 Å². The van der Waals surface area contributed by atoms with E-state index in [2.05, 4.69) is 25.8 Å². The predicted octanol–water partition coefficient (Wildman–Crippen LogP) is 3.59. The third kappa shape index (κ3) is 3.33. The Labute approximate surface area is 161 Å². The van der Waals surface area contributed by atoms with Gasteiger partial charge in [-0.3, -0.25) is 4.79 Å². The van der Waals surface area contributed by atoms with Gasteiger partial charge in [0.15, 0.2) is 0 Å². The molecule has 1 aromatic heterocycles. The highest BCUT2D eigenvalue weighted by Gasteiger charge is 2.39. The van der Waals surface area contributed by atoms with Gasteiger partial charge in [0.1, 0.15) is 5.92 Å². The number of aryl methyl sites for hydroxylation is 1. The van der Waals surface area contributed by atoms with Crippen molar-refractivity contribution in [1.29, 1.82) is 0 Å². The lowest BCUT2D eigenvalue weighted by Gasteiger charge is -2.29. The Morgan fingerprint density at radius 2 is 1.78 bits per heavy atom. The standard InChI is InChI=1S/C19H17ClN6O/c1-11-3-9-15(10-4-11)22-18(27)16-12(2)21-19-23-24-25-26(19)17(16)13-5-7-14(20)8-6-13/h3-10,16-17H,1-2H3,(H,22,27). The van der Waals surface area contributed by atoms with Gasteiger partial charge in [-0.25, -0.2) is 9.67 Å². The third-order valence-electron chi connectivity index (χ3n) is 4.59. The van der Waals surface area contributed by atoms with Gasteiger partial charge in [0.2, 0.25) is 5.91 Å². The normalized spacial score (nSPS) is 18.6. The summed E-state index contributed by atoms with van der Waals surface area (Å²) in [5.74, 6) is -0.337. The van der Waals surface area contributed by atoms with Gasteiger partial charge >= 0.3 is 0 Å². The number of carbonyl (C=O) groups is 1. The number of hydrogen-bond acceptors (Lipinski definition) is 5. The molecular formula is C19H17ClN6O. The van der Waals surface area contributed by atoms with Crippen LogP contribution in [0.5, 0.6) is 0 Å². The Bertz CT molecular complexity index is 1010. The van der Waals surface area contributed by atoms with Gasteiger partial charge in [-0.15, -0.1) is 0 Å². The van der Waals surface area contributed by atoms with Crippen LogP contribution in [0, 0.1) is 12.8 Å². The first-order chi connectivity index (χ1) is 13.0. The molecule has 27 heavy (non-hydrogen) atoms. The quantitative estimate of drug-likeness (QED) is 0.752. The fourth-order valence-corrected chi connectivity index (χ4v) is 3.35. The number of aromatic nitrogens is 4. The molecule has 0 aliphatic carbocycles. The number of carbonyl (C=O) groups excluding carboxylic acids is 1. The summed E-state index contributed by atoms with van der Waals surface area (Å²) in [6.07, 6.45) is 0. The highest BCUT2D eigenvalue weighted by Crippen LogP contribution is 2.35. The molecule has 1 N–H and O–H groups in total. The fourth-order valence-electron chi connectivity index (χ4n) is 3.22. The first-order valence-corrected chi connectivity index (χ1v) is 8.87. The van der Waals surface area contributed by atoms with Gasteiger partial charge in [0.25, 0.3) is 5.95 Å².